The van der Waals surface area contributed by atoms with Crippen LogP contribution in [0.5, 0.6) is 17.2 Å². The van der Waals surface area contributed by atoms with Gasteiger partial charge >= 0.3 is 26.2 Å². The van der Waals surface area contributed by atoms with Gasteiger partial charge in [0.1, 0.15) is 17.1 Å². The SMILES string of the molecule is COc1c(Cl)cc2c(c1C(=O)O)OB(OC[S+]([O-])c1ccc3c(c1C(=O)O)OB(O)CC3)CC2. The number of benzene rings is 2. The minimum absolute atomic E-state index is 0.00461. The van der Waals surface area contributed by atoms with Crippen molar-refractivity contribution in [1.29, 1.82) is 0 Å². The quantitative estimate of drug-likeness (QED) is 0.375. The Balaban J connectivity index is 1.54. The molecule has 2 aliphatic heterocycles. The maximum absolute atomic E-state index is 13.0. The monoisotopic (exact) mass is 508 g/mol. The van der Waals surface area contributed by atoms with Gasteiger partial charge in [-0.25, -0.2) is 9.59 Å². The molecule has 3 N–H and O–H groups in total. The summed E-state index contributed by atoms with van der Waals surface area (Å²) in [4.78, 5) is 23.7. The molecular formula is C20H19B2ClO10S. The highest BCUT2D eigenvalue weighted by Crippen LogP contribution is 2.42. The lowest BCUT2D eigenvalue weighted by molar-refractivity contribution is 0.0679. The van der Waals surface area contributed by atoms with Gasteiger partial charge in [0.05, 0.1) is 12.1 Å². The first-order valence-corrected chi connectivity index (χ1v) is 11.9. The molecule has 34 heavy (non-hydrogen) atoms. The third-order valence-corrected chi connectivity index (χ3v) is 6.98. The van der Waals surface area contributed by atoms with Gasteiger partial charge in [0.15, 0.2) is 16.2 Å². The fourth-order valence-electron chi connectivity index (χ4n) is 3.97. The standard InChI is InChI=1S/C20H19B2ClO10S/c1-30-18-12(23)8-11-5-7-22(33-17(11)15(18)20(26)27)31-9-34(29)13-3-2-10-4-6-21(28)32-16(10)14(13)19(24)25/h2-3,8,28H,4-7,9H2,1H3,(H,24,25)(H,26,27). The fourth-order valence-corrected chi connectivity index (χ4v) is 5.30. The zero-order valence-electron chi connectivity index (χ0n) is 17.9. The summed E-state index contributed by atoms with van der Waals surface area (Å²) < 4.78 is 34.8. The first-order valence-electron chi connectivity index (χ1n) is 10.2. The molecule has 0 radical (unpaired) electrons. The number of carboxylic acids is 2. The zero-order chi connectivity index (χ0) is 24.6. The summed E-state index contributed by atoms with van der Waals surface area (Å²) in [7, 11) is -0.777. The van der Waals surface area contributed by atoms with Crippen molar-refractivity contribution in [2.75, 3.05) is 13.0 Å². The number of rotatable bonds is 7. The van der Waals surface area contributed by atoms with Crippen LogP contribution in [0.2, 0.25) is 17.7 Å². The van der Waals surface area contributed by atoms with Crippen molar-refractivity contribution in [3.8, 4) is 17.2 Å². The molecule has 2 aromatic carbocycles. The number of carbonyl (C=O) groups is 2. The average molecular weight is 509 g/mol. The van der Waals surface area contributed by atoms with Gasteiger partial charge in [-0.05, 0) is 42.4 Å². The van der Waals surface area contributed by atoms with Crippen molar-refractivity contribution in [3.63, 3.8) is 0 Å². The molecule has 4 rings (SSSR count). The van der Waals surface area contributed by atoms with Crippen LogP contribution >= 0.6 is 11.6 Å². The lowest BCUT2D eigenvalue weighted by atomic mass is 9.77. The molecule has 2 aromatic rings. The van der Waals surface area contributed by atoms with E-state index in [4.69, 9.17) is 30.3 Å². The van der Waals surface area contributed by atoms with Crippen LogP contribution < -0.4 is 14.0 Å². The molecule has 10 nitrogen and oxygen atoms in total. The second-order valence-electron chi connectivity index (χ2n) is 7.62. The van der Waals surface area contributed by atoms with E-state index >= 15 is 0 Å². The van der Waals surface area contributed by atoms with E-state index in [1.165, 1.54) is 13.2 Å². The predicted octanol–water partition coefficient (Wildman–Crippen LogP) is 2.37. The number of carboxylic acid groups (broad SMARTS) is 2. The minimum Gasteiger partial charge on any atom is -0.610 e. The Morgan fingerprint density at radius 1 is 1.12 bits per heavy atom. The molecule has 0 fully saturated rings. The first kappa shape index (κ1) is 24.6. The van der Waals surface area contributed by atoms with Crippen LogP contribution in [-0.2, 0) is 28.7 Å². The molecule has 178 valence electrons. The maximum Gasteiger partial charge on any atom is 0.528 e. The van der Waals surface area contributed by atoms with Gasteiger partial charge in [-0.15, -0.1) is 0 Å². The zero-order valence-corrected chi connectivity index (χ0v) is 19.5. The Kier molecular flexibility index (Phi) is 7.20. The normalized spacial score (nSPS) is 15.5. The molecule has 2 aliphatic rings. The highest BCUT2D eigenvalue weighted by atomic mass is 35.5. The van der Waals surface area contributed by atoms with E-state index in [1.807, 2.05) is 0 Å². The Hall–Kier alpha value is -2.57. The van der Waals surface area contributed by atoms with Gasteiger partial charge in [0, 0.05) is 17.5 Å². The maximum atomic E-state index is 13.0. The van der Waals surface area contributed by atoms with Crippen LogP contribution in [0.3, 0.4) is 0 Å². The smallest absolute Gasteiger partial charge is 0.528 e. The molecular weight excluding hydrogens is 489 g/mol. The Labute approximate surface area is 203 Å². The molecule has 0 spiro atoms. The van der Waals surface area contributed by atoms with Crippen molar-refractivity contribution < 1.29 is 48.1 Å². The third-order valence-electron chi connectivity index (χ3n) is 5.52. The number of fused-ring (bicyclic) bond motifs is 2. The number of hydrogen-bond donors (Lipinski definition) is 3. The number of aromatic carboxylic acids is 2. The number of halogens is 1. The molecule has 2 heterocycles. The van der Waals surface area contributed by atoms with Crippen LogP contribution in [-0.4, -0.2) is 59.0 Å². The molecule has 14 heteroatoms. The van der Waals surface area contributed by atoms with Crippen LogP contribution in [0.25, 0.3) is 0 Å². The van der Waals surface area contributed by atoms with Gasteiger partial charge in [0.2, 0.25) is 5.94 Å². The van der Waals surface area contributed by atoms with E-state index in [2.05, 4.69) is 0 Å². The van der Waals surface area contributed by atoms with Crippen molar-refractivity contribution in [2.45, 2.75) is 30.4 Å². The summed E-state index contributed by atoms with van der Waals surface area (Å²) in [5, 5.41) is 29.2. The van der Waals surface area contributed by atoms with E-state index in [1.54, 1.807) is 12.1 Å². The van der Waals surface area contributed by atoms with Crippen LogP contribution in [0.1, 0.15) is 31.8 Å². The number of methoxy groups -OCH3 is 1. The fraction of sp³-hybridized carbons (Fsp3) is 0.300. The number of aryl methyl sites for hydroxylation is 2. The lowest BCUT2D eigenvalue weighted by Gasteiger charge is -2.26. The molecule has 1 unspecified atom stereocenters. The summed E-state index contributed by atoms with van der Waals surface area (Å²) in [6.07, 6.45) is 1.47. The summed E-state index contributed by atoms with van der Waals surface area (Å²) >= 11 is 4.21. The van der Waals surface area contributed by atoms with Gasteiger partial charge in [-0.3, -0.25) is 0 Å². The second-order valence-corrected chi connectivity index (χ2v) is 9.39. The number of hydrogen-bond acceptors (Lipinski definition) is 8. The van der Waals surface area contributed by atoms with Gasteiger partial charge in [-0.1, -0.05) is 17.7 Å². The van der Waals surface area contributed by atoms with E-state index in [-0.39, 0.29) is 38.3 Å². The van der Waals surface area contributed by atoms with E-state index in [0.717, 1.165) is 0 Å². The summed E-state index contributed by atoms with van der Waals surface area (Å²) in [5.74, 6) is -3.03. The summed E-state index contributed by atoms with van der Waals surface area (Å²) in [6.45, 7) is 0. The van der Waals surface area contributed by atoms with Crippen molar-refractivity contribution in [1.82, 2.24) is 0 Å². The Morgan fingerprint density at radius 2 is 1.79 bits per heavy atom. The molecule has 1 atom stereocenters. The average Bonchev–Trinajstić information content (AvgIpc) is 2.80. The third kappa shape index (κ3) is 4.66. The highest BCUT2D eigenvalue weighted by Gasteiger charge is 2.36. The molecule has 0 saturated heterocycles. The summed E-state index contributed by atoms with van der Waals surface area (Å²) in [6, 6.07) is 4.62. The van der Waals surface area contributed by atoms with E-state index in [0.29, 0.717) is 36.6 Å². The van der Waals surface area contributed by atoms with Crippen molar-refractivity contribution in [2.24, 2.45) is 0 Å². The molecule has 0 aliphatic carbocycles. The lowest BCUT2D eigenvalue weighted by Crippen LogP contribution is -2.34. The molecule has 0 saturated carbocycles. The Bertz CT molecular complexity index is 1150. The summed E-state index contributed by atoms with van der Waals surface area (Å²) in [5.41, 5.74) is 0.645. The first-order chi connectivity index (χ1) is 16.2. The van der Waals surface area contributed by atoms with Crippen LogP contribution in [0.15, 0.2) is 23.1 Å². The van der Waals surface area contributed by atoms with Gasteiger partial charge in [0.25, 0.3) is 0 Å². The second kappa shape index (κ2) is 9.96. The van der Waals surface area contributed by atoms with E-state index < -0.39 is 43.3 Å². The molecule has 0 amide bonds. The predicted molar refractivity (Wildman–Crippen MR) is 123 cm³/mol. The van der Waals surface area contributed by atoms with E-state index in [9.17, 15) is 29.4 Å². The van der Waals surface area contributed by atoms with Crippen molar-refractivity contribution >= 4 is 49.0 Å². The molecule has 0 bridgehead atoms. The number of ether oxygens (including phenoxy) is 1. The van der Waals surface area contributed by atoms with Crippen LogP contribution in [0, 0.1) is 0 Å². The van der Waals surface area contributed by atoms with Crippen LogP contribution in [0.4, 0.5) is 0 Å². The van der Waals surface area contributed by atoms with Crippen molar-refractivity contribution in [3.05, 3.63) is 45.5 Å². The highest BCUT2D eigenvalue weighted by molar-refractivity contribution is 7.91. The minimum atomic E-state index is -1.91. The Morgan fingerprint density at radius 3 is 2.47 bits per heavy atom. The largest absolute Gasteiger partial charge is 0.610 e. The van der Waals surface area contributed by atoms with Gasteiger partial charge < -0.3 is 38.5 Å². The van der Waals surface area contributed by atoms with Gasteiger partial charge in [-0.2, -0.15) is 0 Å². The molecule has 0 aromatic heterocycles. The topological polar surface area (TPSA) is 155 Å².